The number of halogens is 1. The SMILES string of the molecule is CCCCCCOc1ccc(Br)cc1C(=O)NNC(=O)COc1ccccc1-c1ccccc1. The lowest BCUT2D eigenvalue weighted by Gasteiger charge is -2.14. The number of rotatable bonds is 11. The summed E-state index contributed by atoms with van der Waals surface area (Å²) >= 11 is 3.38. The van der Waals surface area contributed by atoms with Crippen LogP contribution in [0.25, 0.3) is 11.1 Å². The normalized spacial score (nSPS) is 10.4. The molecule has 178 valence electrons. The molecule has 0 spiro atoms. The van der Waals surface area contributed by atoms with Gasteiger partial charge in [0.1, 0.15) is 11.5 Å². The fourth-order valence-electron chi connectivity index (χ4n) is 3.34. The summed E-state index contributed by atoms with van der Waals surface area (Å²) < 4.78 is 12.3. The predicted molar refractivity (Wildman–Crippen MR) is 137 cm³/mol. The van der Waals surface area contributed by atoms with Gasteiger partial charge in [0.25, 0.3) is 11.8 Å². The van der Waals surface area contributed by atoms with Crippen molar-refractivity contribution in [1.82, 2.24) is 10.9 Å². The molecule has 0 unspecified atom stereocenters. The fraction of sp³-hybridized carbons (Fsp3) is 0.259. The molecular weight excluding hydrogens is 496 g/mol. The summed E-state index contributed by atoms with van der Waals surface area (Å²) in [4.78, 5) is 25.0. The molecule has 0 heterocycles. The molecule has 0 bridgehead atoms. The molecule has 0 aliphatic rings. The summed E-state index contributed by atoms with van der Waals surface area (Å²) in [7, 11) is 0. The number of ether oxygens (including phenoxy) is 2. The van der Waals surface area contributed by atoms with Gasteiger partial charge >= 0.3 is 0 Å². The Morgan fingerprint density at radius 3 is 2.38 bits per heavy atom. The minimum atomic E-state index is -0.478. The number of hydrazine groups is 1. The first-order valence-electron chi connectivity index (χ1n) is 11.4. The van der Waals surface area contributed by atoms with Crippen LogP contribution in [0.4, 0.5) is 0 Å². The molecule has 0 aliphatic carbocycles. The highest BCUT2D eigenvalue weighted by atomic mass is 79.9. The molecular formula is C27H29BrN2O4. The van der Waals surface area contributed by atoms with Crippen LogP contribution < -0.4 is 20.3 Å². The van der Waals surface area contributed by atoms with Gasteiger partial charge in [-0.2, -0.15) is 0 Å². The van der Waals surface area contributed by atoms with Gasteiger partial charge in [-0.1, -0.05) is 90.6 Å². The van der Waals surface area contributed by atoms with Crippen molar-refractivity contribution in [1.29, 1.82) is 0 Å². The van der Waals surface area contributed by atoms with Crippen LogP contribution in [0.1, 0.15) is 43.0 Å². The zero-order chi connectivity index (χ0) is 24.2. The van der Waals surface area contributed by atoms with Gasteiger partial charge in [0.2, 0.25) is 0 Å². The molecule has 6 nitrogen and oxygen atoms in total. The van der Waals surface area contributed by atoms with Crippen LogP contribution in [0.15, 0.2) is 77.3 Å². The zero-order valence-electron chi connectivity index (χ0n) is 19.2. The Labute approximate surface area is 208 Å². The average Bonchev–Trinajstić information content (AvgIpc) is 2.87. The Balaban J connectivity index is 1.54. The van der Waals surface area contributed by atoms with Crippen molar-refractivity contribution >= 4 is 27.7 Å². The molecule has 0 radical (unpaired) electrons. The predicted octanol–water partition coefficient (Wildman–Crippen LogP) is 5.92. The fourth-order valence-corrected chi connectivity index (χ4v) is 3.70. The Morgan fingerprint density at radius 1 is 0.824 bits per heavy atom. The first-order chi connectivity index (χ1) is 16.6. The largest absolute Gasteiger partial charge is 0.493 e. The Kier molecular flexibility index (Phi) is 9.98. The molecule has 3 aromatic carbocycles. The second-order valence-electron chi connectivity index (χ2n) is 7.70. The van der Waals surface area contributed by atoms with Crippen LogP contribution in [-0.4, -0.2) is 25.0 Å². The maximum absolute atomic E-state index is 12.7. The van der Waals surface area contributed by atoms with Crippen LogP contribution in [0.2, 0.25) is 0 Å². The van der Waals surface area contributed by atoms with E-state index in [0.717, 1.165) is 41.3 Å². The standard InChI is InChI=1S/C27H29BrN2O4/c1-2-3-4-10-17-33-25-16-15-21(28)18-23(25)27(32)30-29-26(31)19-34-24-14-9-8-13-22(24)20-11-6-5-7-12-20/h5-9,11-16,18H,2-4,10,17,19H2,1H3,(H,29,31)(H,30,32). The van der Waals surface area contributed by atoms with Crippen LogP contribution in [0.3, 0.4) is 0 Å². The highest BCUT2D eigenvalue weighted by Crippen LogP contribution is 2.29. The summed E-state index contributed by atoms with van der Waals surface area (Å²) in [6.45, 7) is 2.44. The number of nitrogens with one attached hydrogen (secondary N) is 2. The lowest BCUT2D eigenvalue weighted by molar-refractivity contribution is -0.123. The van der Waals surface area contributed by atoms with E-state index < -0.39 is 11.8 Å². The molecule has 7 heteroatoms. The maximum Gasteiger partial charge on any atom is 0.276 e. The van der Waals surface area contributed by atoms with E-state index in [4.69, 9.17) is 9.47 Å². The monoisotopic (exact) mass is 524 g/mol. The van der Waals surface area contributed by atoms with Crippen LogP contribution >= 0.6 is 15.9 Å². The van der Waals surface area contributed by atoms with Crippen LogP contribution in [-0.2, 0) is 4.79 Å². The summed E-state index contributed by atoms with van der Waals surface area (Å²) in [5, 5.41) is 0. The number of hydrogen-bond acceptors (Lipinski definition) is 4. The lowest BCUT2D eigenvalue weighted by atomic mass is 10.1. The molecule has 0 aromatic heterocycles. The number of benzene rings is 3. The van der Waals surface area contributed by atoms with E-state index in [1.54, 1.807) is 18.2 Å². The van der Waals surface area contributed by atoms with Crippen LogP contribution in [0.5, 0.6) is 11.5 Å². The molecule has 2 amide bonds. The van der Waals surface area contributed by atoms with Gasteiger partial charge in [0.05, 0.1) is 12.2 Å². The first kappa shape index (κ1) is 25.3. The number of amides is 2. The molecule has 2 N–H and O–H groups in total. The van der Waals surface area contributed by atoms with Crippen molar-refractivity contribution in [3.8, 4) is 22.6 Å². The van der Waals surface area contributed by atoms with Gasteiger partial charge in [-0.3, -0.25) is 20.4 Å². The number of carbonyl (C=O) groups excluding carboxylic acids is 2. The summed E-state index contributed by atoms with van der Waals surface area (Å²) in [6, 6.07) is 22.5. The number of carbonyl (C=O) groups is 2. The van der Waals surface area contributed by atoms with E-state index in [1.165, 1.54) is 0 Å². The summed E-state index contributed by atoms with van der Waals surface area (Å²) in [6.07, 6.45) is 4.30. The van der Waals surface area contributed by atoms with Gasteiger partial charge in [-0.15, -0.1) is 0 Å². The molecule has 0 fully saturated rings. The minimum Gasteiger partial charge on any atom is -0.493 e. The highest BCUT2D eigenvalue weighted by molar-refractivity contribution is 9.10. The number of para-hydroxylation sites is 1. The zero-order valence-corrected chi connectivity index (χ0v) is 20.8. The van der Waals surface area contributed by atoms with E-state index in [0.29, 0.717) is 23.7 Å². The molecule has 0 saturated carbocycles. The molecule has 3 rings (SSSR count). The first-order valence-corrected chi connectivity index (χ1v) is 12.2. The molecule has 3 aromatic rings. The molecule has 0 aliphatic heterocycles. The van der Waals surface area contributed by atoms with E-state index in [2.05, 4.69) is 33.7 Å². The maximum atomic E-state index is 12.7. The van der Waals surface area contributed by atoms with E-state index >= 15 is 0 Å². The second kappa shape index (κ2) is 13.4. The number of unbranched alkanes of at least 4 members (excludes halogenated alkanes) is 3. The van der Waals surface area contributed by atoms with Gasteiger partial charge < -0.3 is 9.47 Å². The third-order valence-corrected chi connectivity index (χ3v) is 5.58. The number of hydrogen-bond donors (Lipinski definition) is 2. The third-order valence-electron chi connectivity index (χ3n) is 5.09. The van der Waals surface area contributed by atoms with Gasteiger partial charge in [0.15, 0.2) is 6.61 Å². The van der Waals surface area contributed by atoms with Crippen molar-refractivity contribution in [2.24, 2.45) is 0 Å². The Morgan fingerprint density at radius 2 is 1.59 bits per heavy atom. The second-order valence-corrected chi connectivity index (χ2v) is 8.62. The smallest absolute Gasteiger partial charge is 0.276 e. The lowest BCUT2D eigenvalue weighted by Crippen LogP contribution is -2.44. The van der Waals surface area contributed by atoms with Crippen molar-refractivity contribution in [3.05, 3.63) is 82.8 Å². The van der Waals surface area contributed by atoms with Crippen molar-refractivity contribution in [3.63, 3.8) is 0 Å². The minimum absolute atomic E-state index is 0.247. The van der Waals surface area contributed by atoms with Gasteiger partial charge in [-0.25, -0.2) is 0 Å². The average molecular weight is 525 g/mol. The van der Waals surface area contributed by atoms with Crippen LogP contribution in [0, 0.1) is 0 Å². The topological polar surface area (TPSA) is 76.7 Å². The van der Waals surface area contributed by atoms with E-state index in [1.807, 2.05) is 54.6 Å². The van der Waals surface area contributed by atoms with Crippen molar-refractivity contribution < 1.29 is 19.1 Å². The highest BCUT2D eigenvalue weighted by Gasteiger charge is 2.15. The Hall–Kier alpha value is -3.32. The summed E-state index contributed by atoms with van der Waals surface area (Å²) in [5.41, 5.74) is 7.05. The van der Waals surface area contributed by atoms with E-state index in [9.17, 15) is 9.59 Å². The van der Waals surface area contributed by atoms with Gasteiger partial charge in [0, 0.05) is 10.0 Å². The van der Waals surface area contributed by atoms with Crippen molar-refractivity contribution in [2.75, 3.05) is 13.2 Å². The molecule has 0 saturated heterocycles. The quantitative estimate of drug-likeness (QED) is 0.241. The van der Waals surface area contributed by atoms with E-state index in [-0.39, 0.29) is 6.61 Å². The Bertz CT molecular complexity index is 1090. The third kappa shape index (κ3) is 7.63. The summed E-state index contributed by atoms with van der Waals surface area (Å²) in [5.74, 6) is 0.108. The molecule has 34 heavy (non-hydrogen) atoms. The van der Waals surface area contributed by atoms with Crippen molar-refractivity contribution in [2.45, 2.75) is 32.6 Å². The molecule has 0 atom stereocenters. The van der Waals surface area contributed by atoms with Gasteiger partial charge in [-0.05, 0) is 36.2 Å².